The molecule has 2 saturated heterocycles. The molecular formula is C42H69NO2. The van der Waals surface area contributed by atoms with Gasteiger partial charge < -0.3 is 9.47 Å². The number of nitrogens with zero attached hydrogens (tertiary/aromatic N) is 1. The van der Waals surface area contributed by atoms with Crippen LogP contribution in [-0.2, 0) is 9.47 Å². The Morgan fingerprint density at radius 3 is 1.51 bits per heavy atom. The highest BCUT2D eigenvalue weighted by Gasteiger charge is 2.60. The van der Waals surface area contributed by atoms with Crippen molar-refractivity contribution in [1.82, 2.24) is 4.90 Å². The Bertz CT molecular complexity index is 918. The summed E-state index contributed by atoms with van der Waals surface area (Å²) in [6.45, 7) is 0. The fraction of sp³-hybridized carbons (Fsp3) is 1.00. The average Bonchev–Trinajstić information content (AvgIpc) is 3.69. The Kier molecular flexibility index (Phi) is 9.37. The highest BCUT2D eigenvalue weighted by molar-refractivity contribution is 5.09. The average molecular weight is 620 g/mol. The SMILES string of the molecule is C1CCC(C2CCC(N(C3CCC(C4CCCCC4)CC3)C3CCCC4C5CCC6OC7CCCCC7C6C5OC43)CC2)CC1. The van der Waals surface area contributed by atoms with Crippen molar-refractivity contribution in [1.29, 1.82) is 0 Å². The van der Waals surface area contributed by atoms with E-state index in [1.807, 2.05) is 0 Å². The highest BCUT2D eigenvalue weighted by Crippen LogP contribution is 2.57. The second kappa shape index (κ2) is 13.7. The molecule has 3 nitrogen and oxygen atoms in total. The fourth-order valence-electron chi connectivity index (χ4n) is 14.6. The maximum absolute atomic E-state index is 7.62. The second-order valence-electron chi connectivity index (χ2n) is 18.6. The predicted molar refractivity (Wildman–Crippen MR) is 183 cm³/mol. The molecule has 9 rings (SSSR count). The molecule has 0 N–H and O–H groups in total. The summed E-state index contributed by atoms with van der Waals surface area (Å²) < 4.78 is 14.4. The standard InChI is InChI=1S/C42H69NO2/c1-3-10-28(11-4-1)30-18-22-32(23-19-30)43(33-24-20-31(21-25-33)29-12-5-2-6-13-29)37-16-9-15-34-35-26-27-39-40(42(35)45-41(34)37)36-14-7-8-17-38(36)44-39/h28-42H,1-27H2. The van der Waals surface area contributed by atoms with Gasteiger partial charge in [0.2, 0.25) is 0 Å². The number of hydrogen-bond acceptors (Lipinski definition) is 3. The molecule has 2 aliphatic heterocycles. The largest absolute Gasteiger partial charge is 0.374 e. The summed E-state index contributed by atoms with van der Waals surface area (Å²) in [5.74, 6) is 7.37. The molecule has 9 aliphatic rings. The lowest BCUT2D eigenvalue weighted by molar-refractivity contribution is -0.104. The van der Waals surface area contributed by atoms with Crippen LogP contribution >= 0.6 is 0 Å². The van der Waals surface area contributed by atoms with Gasteiger partial charge >= 0.3 is 0 Å². The van der Waals surface area contributed by atoms with E-state index in [0.717, 1.165) is 53.5 Å². The Hall–Kier alpha value is -0.120. The quantitative estimate of drug-likeness (QED) is 0.306. The van der Waals surface area contributed by atoms with E-state index in [9.17, 15) is 0 Å². The maximum atomic E-state index is 7.62. The number of ether oxygens (including phenoxy) is 2. The van der Waals surface area contributed by atoms with Crippen LogP contribution in [0, 0.1) is 47.3 Å². The van der Waals surface area contributed by atoms with Crippen molar-refractivity contribution in [3.63, 3.8) is 0 Å². The van der Waals surface area contributed by atoms with Crippen molar-refractivity contribution in [2.75, 3.05) is 0 Å². The summed E-state index contributed by atoms with van der Waals surface area (Å²) in [6, 6.07) is 2.37. The Morgan fingerprint density at radius 2 is 0.867 bits per heavy atom. The molecule has 3 heteroatoms. The number of fused-ring (bicyclic) bond motifs is 7. The Morgan fingerprint density at radius 1 is 0.333 bits per heavy atom. The van der Waals surface area contributed by atoms with Crippen molar-refractivity contribution in [3.8, 4) is 0 Å². The van der Waals surface area contributed by atoms with Gasteiger partial charge in [0.1, 0.15) is 0 Å². The van der Waals surface area contributed by atoms with Gasteiger partial charge in [-0.25, -0.2) is 0 Å². The van der Waals surface area contributed by atoms with Crippen LogP contribution in [0.3, 0.4) is 0 Å². The molecule has 0 amide bonds. The minimum absolute atomic E-state index is 0.512. The van der Waals surface area contributed by atoms with E-state index in [0.29, 0.717) is 36.4 Å². The number of rotatable bonds is 5. The van der Waals surface area contributed by atoms with E-state index in [2.05, 4.69) is 4.90 Å². The molecule has 9 atom stereocenters. The van der Waals surface area contributed by atoms with Crippen molar-refractivity contribution in [2.24, 2.45) is 47.3 Å². The van der Waals surface area contributed by atoms with Gasteiger partial charge in [-0.2, -0.15) is 0 Å². The molecule has 7 aliphatic carbocycles. The molecule has 45 heavy (non-hydrogen) atoms. The van der Waals surface area contributed by atoms with Gasteiger partial charge in [-0.05, 0) is 131 Å². The minimum atomic E-state index is 0.512. The van der Waals surface area contributed by atoms with Gasteiger partial charge in [0.15, 0.2) is 0 Å². The number of hydrogen-bond donors (Lipinski definition) is 0. The molecule has 9 unspecified atom stereocenters. The third kappa shape index (κ3) is 5.93. The lowest BCUT2D eigenvalue weighted by Gasteiger charge is -2.52. The monoisotopic (exact) mass is 620 g/mol. The molecule has 0 bridgehead atoms. The minimum Gasteiger partial charge on any atom is -0.374 e. The molecule has 2 heterocycles. The molecule has 0 aromatic heterocycles. The van der Waals surface area contributed by atoms with Crippen LogP contribution in [0.4, 0.5) is 0 Å². The van der Waals surface area contributed by atoms with E-state index in [1.54, 1.807) is 25.7 Å². The smallest absolute Gasteiger partial charge is 0.0766 e. The molecule has 0 aromatic carbocycles. The second-order valence-corrected chi connectivity index (χ2v) is 18.6. The third-order valence-corrected chi connectivity index (χ3v) is 16.7. The lowest BCUT2D eigenvalue weighted by atomic mass is 9.64. The summed E-state index contributed by atoms with van der Waals surface area (Å²) in [4.78, 5) is 3.29. The highest BCUT2D eigenvalue weighted by atomic mass is 16.5. The van der Waals surface area contributed by atoms with Crippen LogP contribution in [0.1, 0.15) is 173 Å². The van der Waals surface area contributed by atoms with Gasteiger partial charge in [0.25, 0.3) is 0 Å². The first-order valence-electron chi connectivity index (χ1n) is 21.4. The first kappa shape index (κ1) is 30.9. The Balaban J connectivity index is 0.941. The molecule has 0 spiro atoms. The van der Waals surface area contributed by atoms with Crippen LogP contribution in [0.15, 0.2) is 0 Å². The Labute approximate surface area is 277 Å². The molecule has 0 aromatic rings. The normalized spacial score (nSPS) is 49.7. The van der Waals surface area contributed by atoms with E-state index in [-0.39, 0.29) is 0 Å². The molecule has 0 radical (unpaired) electrons. The van der Waals surface area contributed by atoms with E-state index in [4.69, 9.17) is 9.47 Å². The van der Waals surface area contributed by atoms with Crippen molar-refractivity contribution in [3.05, 3.63) is 0 Å². The summed E-state index contributed by atoms with van der Waals surface area (Å²) in [5.41, 5.74) is 0. The summed E-state index contributed by atoms with van der Waals surface area (Å²) in [7, 11) is 0. The lowest BCUT2D eigenvalue weighted by Crippen LogP contribution is -2.58. The van der Waals surface area contributed by atoms with Gasteiger partial charge in [-0.3, -0.25) is 4.90 Å². The van der Waals surface area contributed by atoms with Gasteiger partial charge in [0, 0.05) is 24.0 Å². The molecule has 254 valence electrons. The van der Waals surface area contributed by atoms with Gasteiger partial charge in [-0.15, -0.1) is 0 Å². The zero-order valence-electron chi connectivity index (χ0n) is 29.0. The molecule has 9 fully saturated rings. The van der Waals surface area contributed by atoms with Crippen molar-refractivity contribution < 1.29 is 9.47 Å². The van der Waals surface area contributed by atoms with Crippen molar-refractivity contribution >= 4 is 0 Å². The first-order valence-corrected chi connectivity index (χ1v) is 21.4. The predicted octanol–water partition coefficient (Wildman–Crippen LogP) is 10.5. The maximum Gasteiger partial charge on any atom is 0.0766 e. The fourth-order valence-corrected chi connectivity index (χ4v) is 14.6. The third-order valence-electron chi connectivity index (χ3n) is 16.7. The van der Waals surface area contributed by atoms with Crippen LogP contribution in [0.25, 0.3) is 0 Å². The van der Waals surface area contributed by atoms with Crippen molar-refractivity contribution in [2.45, 2.75) is 216 Å². The summed E-state index contributed by atoms with van der Waals surface area (Å²) >= 11 is 0. The van der Waals surface area contributed by atoms with Crippen LogP contribution in [0.5, 0.6) is 0 Å². The van der Waals surface area contributed by atoms with Crippen LogP contribution in [-0.4, -0.2) is 47.4 Å². The van der Waals surface area contributed by atoms with E-state index >= 15 is 0 Å². The first-order chi connectivity index (χ1) is 22.3. The van der Waals surface area contributed by atoms with Crippen LogP contribution in [0.2, 0.25) is 0 Å². The summed E-state index contributed by atoms with van der Waals surface area (Å²) in [6.07, 6.45) is 42.0. The molecular weight excluding hydrogens is 550 g/mol. The zero-order chi connectivity index (χ0) is 29.7. The molecule has 7 saturated carbocycles. The van der Waals surface area contributed by atoms with E-state index < -0.39 is 0 Å². The van der Waals surface area contributed by atoms with Gasteiger partial charge in [0.05, 0.1) is 24.4 Å². The summed E-state index contributed by atoms with van der Waals surface area (Å²) in [5, 5.41) is 0. The topological polar surface area (TPSA) is 21.7 Å². The van der Waals surface area contributed by atoms with Crippen LogP contribution < -0.4 is 0 Å². The zero-order valence-corrected chi connectivity index (χ0v) is 29.0. The van der Waals surface area contributed by atoms with E-state index in [1.165, 1.54) is 148 Å². The van der Waals surface area contributed by atoms with Gasteiger partial charge in [-0.1, -0.05) is 83.5 Å².